The van der Waals surface area contributed by atoms with Crippen molar-refractivity contribution in [1.82, 2.24) is 0 Å². The number of hydrogen-bond donors (Lipinski definition) is 0. The summed E-state index contributed by atoms with van der Waals surface area (Å²) in [6.45, 7) is 2.93. The summed E-state index contributed by atoms with van der Waals surface area (Å²) in [5.41, 5.74) is 0. The highest BCUT2D eigenvalue weighted by Gasteiger charge is 1.99. The van der Waals surface area contributed by atoms with Crippen molar-refractivity contribution in [1.29, 1.82) is 0 Å². The maximum absolute atomic E-state index is 11.0. The lowest BCUT2D eigenvalue weighted by molar-refractivity contribution is -0.123. The van der Waals surface area contributed by atoms with Gasteiger partial charge in [0.05, 0.1) is 0 Å². The van der Waals surface area contributed by atoms with E-state index in [4.69, 9.17) is 11.2 Å². The van der Waals surface area contributed by atoms with Gasteiger partial charge in [-0.05, 0) is 12.8 Å². The lowest BCUT2D eigenvalue weighted by Crippen LogP contribution is -2.08. The molecule has 0 rings (SSSR count). The Bertz CT molecular complexity index is 156. The van der Waals surface area contributed by atoms with Gasteiger partial charge in [-0.15, -0.1) is 12.3 Å². The van der Waals surface area contributed by atoms with Crippen molar-refractivity contribution < 1.29 is 9.53 Å². The van der Waals surface area contributed by atoms with Gasteiger partial charge in [0.2, 0.25) is 0 Å². The molecule has 0 unspecified atom stereocenters. The number of terminal acetylenes is 1. The van der Waals surface area contributed by atoms with Crippen LogP contribution in [0.2, 0.25) is 0 Å². The summed E-state index contributed by atoms with van der Waals surface area (Å²) in [5, 5.41) is 0. The number of ether oxygens (including phenoxy) is 1. The minimum atomic E-state index is 0.152. The second-order valence-electron chi connectivity index (χ2n) is 2.65. The zero-order chi connectivity index (χ0) is 9.23. The summed E-state index contributed by atoms with van der Waals surface area (Å²) in [6, 6.07) is 0. The second-order valence-corrected chi connectivity index (χ2v) is 2.65. The third-order valence-electron chi connectivity index (χ3n) is 1.39. The molecule has 0 saturated carbocycles. The number of carbonyl (C=O) groups is 1. The Morgan fingerprint density at radius 1 is 1.58 bits per heavy atom. The largest absolute Gasteiger partial charge is 0.374 e. The summed E-state index contributed by atoms with van der Waals surface area (Å²) >= 11 is 0. The number of carbonyl (C=O) groups excluding carboxylic acids is 1. The lowest BCUT2D eigenvalue weighted by atomic mass is 10.2. The van der Waals surface area contributed by atoms with Crippen LogP contribution >= 0.6 is 0 Å². The number of Topliss-reactive ketones (excluding diaryl/α,β-unsaturated/α-hetero) is 1. The van der Waals surface area contributed by atoms with Gasteiger partial charge in [-0.2, -0.15) is 0 Å². The van der Waals surface area contributed by atoms with Crippen molar-refractivity contribution in [3.8, 4) is 12.3 Å². The lowest BCUT2D eigenvalue weighted by Gasteiger charge is -2.00. The molecular weight excluding hydrogens is 152 g/mol. The quantitative estimate of drug-likeness (QED) is 0.428. The van der Waals surface area contributed by atoms with E-state index < -0.39 is 0 Å². The van der Waals surface area contributed by atoms with E-state index in [1.54, 1.807) is 0 Å². The molecule has 2 nitrogen and oxygen atoms in total. The molecule has 0 spiro atoms. The third-order valence-corrected chi connectivity index (χ3v) is 1.39. The van der Waals surface area contributed by atoms with E-state index in [1.807, 2.05) is 6.92 Å². The molecule has 0 aromatic rings. The van der Waals surface area contributed by atoms with Crippen LogP contribution in [0.25, 0.3) is 0 Å². The molecule has 2 heteroatoms. The van der Waals surface area contributed by atoms with Crippen LogP contribution in [0.4, 0.5) is 0 Å². The van der Waals surface area contributed by atoms with Crippen LogP contribution in [0.15, 0.2) is 0 Å². The number of rotatable bonds is 7. The average Bonchev–Trinajstić information content (AvgIpc) is 2.06. The van der Waals surface area contributed by atoms with Crippen LogP contribution in [0.3, 0.4) is 0 Å². The van der Waals surface area contributed by atoms with Crippen LogP contribution in [-0.4, -0.2) is 19.0 Å². The average molecular weight is 168 g/mol. The Hall–Kier alpha value is -0.810. The monoisotopic (exact) mass is 168 g/mol. The number of hydrogen-bond acceptors (Lipinski definition) is 2. The van der Waals surface area contributed by atoms with Gasteiger partial charge < -0.3 is 4.74 Å². The van der Waals surface area contributed by atoms with Gasteiger partial charge in [0.1, 0.15) is 6.61 Å². The van der Waals surface area contributed by atoms with E-state index >= 15 is 0 Å². The van der Waals surface area contributed by atoms with Crippen molar-refractivity contribution >= 4 is 5.78 Å². The first-order chi connectivity index (χ1) is 5.81. The Labute approximate surface area is 74.3 Å². The number of unbranched alkanes of at least 4 members (excludes halogenated alkanes) is 1. The SMILES string of the molecule is C#CCCCC(=O)COCCC. The minimum Gasteiger partial charge on any atom is -0.374 e. The highest BCUT2D eigenvalue weighted by Crippen LogP contribution is 1.95. The van der Waals surface area contributed by atoms with Crippen molar-refractivity contribution in [2.45, 2.75) is 32.6 Å². The summed E-state index contributed by atoms with van der Waals surface area (Å²) in [5.74, 6) is 2.65. The summed E-state index contributed by atoms with van der Waals surface area (Å²) < 4.78 is 5.07. The van der Waals surface area contributed by atoms with E-state index in [0.717, 1.165) is 12.8 Å². The molecular formula is C10H16O2. The van der Waals surface area contributed by atoms with Gasteiger partial charge in [-0.3, -0.25) is 4.79 Å². The van der Waals surface area contributed by atoms with E-state index in [9.17, 15) is 4.79 Å². The molecule has 12 heavy (non-hydrogen) atoms. The summed E-state index contributed by atoms with van der Waals surface area (Å²) in [7, 11) is 0. The highest BCUT2D eigenvalue weighted by atomic mass is 16.5. The second kappa shape index (κ2) is 8.29. The van der Waals surface area contributed by atoms with Gasteiger partial charge in [0, 0.05) is 19.4 Å². The first-order valence-electron chi connectivity index (χ1n) is 4.34. The molecule has 0 heterocycles. The molecule has 0 aromatic heterocycles. The molecule has 0 atom stereocenters. The molecule has 0 saturated heterocycles. The van der Waals surface area contributed by atoms with Gasteiger partial charge in [0.25, 0.3) is 0 Å². The maximum atomic E-state index is 11.0. The third kappa shape index (κ3) is 7.30. The fraction of sp³-hybridized carbons (Fsp3) is 0.700. The van der Waals surface area contributed by atoms with Gasteiger partial charge in [-0.25, -0.2) is 0 Å². The topological polar surface area (TPSA) is 26.3 Å². The molecule has 0 aliphatic rings. The molecule has 0 amide bonds. The Morgan fingerprint density at radius 2 is 2.33 bits per heavy atom. The fourth-order valence-corrected chi connectivity index (χ4v) is 0.790. The standard InChI is InChI=1S/C10H16O2/c1-3-5-6-7-10(11)9-12-8-4-2/h1H,4-9H2,2H3. The van der Waals surface area contributed by atoms with Crippen molar-refractivity contribution in [2.24, 2.45) is 0 Å². The van der Waals surface area contributed by atoms with Crippen molar-refractivity contribution in [3.63, 3.8) is 0 Å². The first kappa shape index (κ1) is 11.2. The van der Waals surface area contributed by atoms with Crippen LogP contribution in [-0.2, 0) is 9.53 Å². The molecule has 0 aliphatic carbocycles. The predicted molar refractivity (Wildman–Crippen MR) is 48.8 cm³/mol. The highest BCUT2D eigenvalue weighted by molar-refractivity contribution is 5.79. The van der Waals surface area contributed by atoms with Crippen molar-refractivity contribution in [3.05, 3.63) is 0 Å². The summed E-state index contributed by atoms with van der Waals surface area (Å²) in [4.78, 5) is 11.0. The van der Waals surface area contributed by atoms with Crippen LogP contribution < -0.4 is 0 Å². The van der Waals surface area contributed by atoms with Crippen molar-refractivity contribution in [2.75, 3.05) is 13.2 Å². The van der Waals surface area contributed by atoms with Gasteiger partial charge in [0.15, 0.2) is 5.78 Å². The fourth-order valence-electron chi connectivity index (χ4n) is 0.790. The van der Waals surface area contributed by atoms with E-state index in [1.165, 1.54) is 0 Å². The van der Waals surface area contributed by atoms with E-state index in [-0.39, 0.29) is 12.4 Å². The predicted octanol–water partition coefficient (Wildman–Crippen LogP) is 1.79. The molecule has 0 aliphatic heterocycles. The molecule has 0 radical (unpaired) electrons. The zero-order valence-corrected chi connectivity index (χ0v) is 7.64. The summed E-state index contributed by atoms with van der Waals surface area (Å²) in [6.07, 6.45) is 8.01. The maximum Gasteiger partial charge on any atom is 0.158 e. The molecule has 0 N–H and O–H groups in total. The Balaban J connectivity index is 3.17. The Kier molecular flexibility index (Phi) is 7.73. The van der Waals surface area contributed by atoms with E-state index in [2.05, 4.69) is 5.92 Å². The molecule has 0 bridgehead atoms. The number of ketones is 1. The minimum absolute atomic E-state index is 0.152. The molecule has 0 aromatic carbocycles. The van der Waals surface area contributed by atoms with Crippen LogP contribution in [0, 0.1) is 12.3 Å². The van der Waals surface area contributed by atoms with Crippen LogP contribution in [0.5, 0.6) is 0 Å². The normalized spacial score (nSPS) is 9.33. The zero-order valence-electron chi connectivity index (χ0n) is 7.64. The first-order valence-corrected chi connectivity index (χ1v) is 4.34. The smallest absolute Gasteiger partial charge is 0.158 e. The van der Waals surface area contributed by atoms with Crippen LogP contribution in [0.1, 0.15) is 32.6 Å². The Morgan fingerprint density at radius 3 is 2.92 bits per heavy atom. The van der Waals surface area contributed by atoms with Gasteiger partial charge in [-0.1, -0.05) is 6.92 Å². The van der Waals surface area contributed by atoms with E-state index in [0.29, 0.717) is 19.4 Å². The molecule has 68 valence electrons. The molecule has 0 fully saturated rings. The van der Waals surface area contributed by atoms with Gasteiger partial charge >= 0.3 is 0 Å².